The highest BCUT2D eigenvalue weighted by Crippen LogP contribution is 2.50. The van der Waals surface area contributed by atoms with Gasteiger partial charge in [0.05, 0.1) is 12.0 Å². The Morgan fingerprint density at radius 1 is 1.50 bits per heavy atom. The summed E-state index contributed by atoms with van der Waals surface area (Å²) >= 11 is 1.40. The van der Waals surface area contributed by atoms with Crippen molar-refractivity contribution in [3.8, 4) is 0 Å². The highest BCUT2D eigenvalue weighted by atomic mass is 32.2. The van der Waals surface area contributed by atoms with Crippen LogP contribution in [0.25, 0.3) is 0 Å². The molecule has 1 fully saturated rings. The first-order valence-electron chi connectivity index (χ1n) is 7.21. The maximum atomic E-state index is 12.4. The molecule has 0 aromatic carbocycles. The molecule has 2 rings (SSSR count). The summed E-state index contributed by atoms with van der Waals surface area (Å²) in [6.07, 6.45) is 0. The summed E-state index contributed by atoms with van der Waals surface area (Å²) in [7, 11) is 0. The molecule has 0 bridgehead atoms. The predicted molar refractivity (Wildman–Crippen MR) is 82.7 cm³/mol. The van der Waals surface area contributed by atoms with Crippen LogP contribution in [0.5, 0.6) is 0 Å². The number of β-lactam (4-membered cyclic amide) rings is 1. The minimum Gasteiger partial charge on any atom is -0.477 e. The van der Waals surface area contributed by atoms with Crippen LogP contribution in [0.2, 0.25) is 0 Å². The molecule has 0 unspecified atom stereocenters. The SMILES string of the molecule is CC(=O)N[C@H](C)[C@H]1C(=O)N2C(C(=O)O)=C(SCCN)[C@H](C)[C@H]12. The van der Waals surface area contributed by atoms with Gasteiger partial charge < -0.3 is 21.1 Å². The summed E-state index contributed by atoms with van der Waals surface area (Å²) in [4.78, 5) is 37.2. The molecule has 0 spiro atoms. The van der Waals surface area contributed by atoms with Gasteiger partial charge in [0.15, 0.2) is 0 Å². The Morgan fingerprint density at radius 2 is 2.14 bits per heavy atom. The summed E-state index contributed by atoms with van der Waals surface area (Å²) in [6, 6.07) is -0.525. The molecule has 4 atom stereocenters. The van der Waals surface area contributed by atoms with Crippen LogP contribution in [0.4, 0.5) is 0 Å². The summed E-state index contributed by atoms with van der Waals surface area (Å²) in [5.41, 5.74) is 5.57. The van der Waals surface area contributed by atoms with Crippen LogP contribution in [0, 0.1) is 11.8 Å². The molecule has 0 aromatic rings. The lowest BCUT2D eigenvalue weighted by Gasteiger charge is -2.47. The Kier molecular flexibility index (Phi) is 4.81. The van der Waals surface area contributed by atoms with E-state index < -0.39 is 5.97 Å². The van der Waals surface area contributed by atoms with Gasteiger partial charge in [0.1, 0.15) is 5.70 Å². The van der Waals surface area contributed by atoms with E-state index in [0.29, 0.717) is 17.2 Å². The van der Waals surface area contributed by atoms with Gasteiger partial charge in [0.25, 0.3) is 0 Å². The van der Waals surface area contributed by atoms with E-state index in [1.54, 1.807) is 6.92 Å². The number of nitrogens with one attached hydrogen (secondary N) is 1. The molecule has 8 heteroatoms. The fraction of sp³-hybridized carbons (Fsp3) is 0.643. The fourth-order valence-corrected chi connectivity index (χ4v) is 4.38. The molecule has 7 nitrogen and oxygen atoms in total. The van der Waals surface area contributed by atoms with Gasteiger partial charge in [-0.1, -0.05) is 6.92 Å². The topological polar surface area (TPSA) is 113 Å². The van der Waals surface area contributed by atoms with Crippen molar-refractivity contribution >= 4 is 29.5 Å². The van der Waals surface area contributed by atoms with Gasteiger partial charge >= 0.3 is 5.97 Å². The van der Waals surface area contributed by atoms with E-state index in [0.717, 1.165) is 0 Å². The first kappa shape index (κ1) is 16.8. The molecule has 2 aliphatic heterocycles. The number of hydrogen-bond acceptors (Lipinski definition) is 5. The molecule has 1 saturated heterocycles. The van der Waals surface area contributed by atoms with Crippen molar-refractivity contribution in [3.63, 3.8) is 0 Å². The van der Waals surface area contributed by atoms with E-state index in [2.05, 4.69) is 5.32 Å². The van der Waals surface area contributed by atoms with Gasteiger partial charge in [-0.05, 0) is 6.92 Å². The third kappa shape index (κ3) is 2.61. The Bertz CT molecular complexity index is 548. The van der Waals surface area contributed by atoms with E-state index >= 15 is 0 Å². The van der Waals surface area contributed by atoms with Gasteiger partial charge in [-0.2, -0.15) is 0 Å². The molecule has 122 valence electrons. The molecule has 0 saturated carbocycles. The zero-order valence-electron chi connectivity index (χ0n) is 12.8. The fourth-order valence-electron chi connectivity index (χ4n) is 3.31. The Balaban J connectivity index is 2.26. The third-order valence-electron chi connectivity index (χ3n) is 4.14. The van der Waals surface area contributed by atoms with Gasteiger partial charge in [0.2, 0.25) is 11.8 Å². The monoisotopic (exact) mass is 327 g/mol. The number of carboxylic acids is 1. The largest absolute Gasteiger partial charge is 0.477 e. The van der Waals surface area contributed by atoms with Crippen molar-refractivity contribution in [2.75, 3.05) is 12.3 Å². The number of carbonyl (C=O) groups is 3. The lowest BCUT2D eigenvalue weighted by Crippen LogP contribution is -2.66. The number of rotatable bonds is 6. The quantitative estimate of drug-likeness (QED) is 0.591. The van der Waals surface area contributed by atoms with Crippen LogP contribution < -0.4 is 11.1 Å². The van der Waals surface area contributed by atoms with Gasteiger partial charge in [-0.25, -0.2) is 4.79 Å². The molecule has 0 aromatic heterocycles. The van der Waals surface area contributed by atoms with Crippen LogP contribution >= 0.6 is 11.8 Å². The van der Waals surface area contributed by atoms with E-state index in [9.17, 15) is 19.5 Å². The highest BCUT2D eigenvalue weighted by molar-refractivity contribution is 8.03. The number of amides is 2. The van der Waals surface area contributed by atoms with Crippen LogP contribution in [0.3, 0.4) is 0 Å². The van der Waals surface area contributed by atoms with Crippen molar-refractivity contribution in [2.24, 2.45) is 17.6 Å². The van der Waals surface area contributed by atoms with E-state index in [1.165, 1.54) is 23.6 Å². The third-order valence-corrected chi connectivity index (χ3v) is 5.45. The normalized spacial score (nSPS) is 28.3. The summed E-state index contributed by atoms with van der Waals surface area (Å²) in [5.74, 6) is -1.37. The Morgan fingerprint density at radius 3 is 2.64 bits per heavy atom. The Labute approximate surface area is 133 Å². The minimum absolute atomic E-state index is 0.0680. The number of nitrogens with zero attached hydrogens (tertiary/aromatic N) is 1. The average molecular weight is 327 g/mol. The minimum atomic E-state index is -1.09. The van der Waals surface area contributed by atoms with Crippen molar-refractivity contribution in [2.45, 2.75) is 32.9 Å². The number of nitrogens with two attached hydrogens (primary N) is 1. The second-order valence-electron chi connectivity index (χ2n) is 5.66. The standard InChI is InChI=1S/C14H21N3O4S/c1-6-10-9(7(2)16-8(3)18)13(19)17(10)11(14(20)21)12(6)22-5-4-15/h6-7,9-10H,4-5,15H2,1-3H3,(H,16,18)(H,20,21)/t6-,7-,9-,10-/m1/s1. The molecule has 22 heavy (non-hydrogen) atoms. The zero-order chi connectivity index (χ0) is 16.6. The van der Waals surface area contributed by atoms with Crippen molar-refractivity contribution < 1.29 is 19.5 Å². The number of thioether (sulfide) groups is 1. The number of fused-ring (bicyclic) bond motifs is 1. The maximum Gasteiger partial charge on any atom is 0.353 e. The average Bonchev–Trinajstić information content (AvgIpc) is 2.65. The van der Waals surface area contributed by atoms with Crippen molar-refractivity contribution in [1.82, 2.24) is 10.2 Å². The van der Waals surface area contributed by atoms with E-state index in [-0.39, 0.29) is 41.4 Å². The zero-order valence-corrected chi connectivity index (χ0v) is 13.6. The van der Waals surface area contributed by atoms with Crippen LogP contribution in [-0.2, 0) is 14.4 Å². The van der Waals surface area contributed by atoms with E-state index in [4.69, 9.17) is 5.73 Å². The number of hydrogen-bond donors (Lipinski definition) is 3. The van der Waals surface area contributed by atoms with Crippen LogP contribution in [0.1, 0.15) is 20.8 Å². The second kappa shape index (κ2) is 6.29. The summed E-state index contributed by atoms with van der Waals surface area (Å²) in [6.45, 7) is 5.54. The molecule has 2 aliphatic rings. The number of aliphatic carboxylic acids is 1. The summed E-state index contributed by atoms with van der Waals surface area (Å²) < 4.78 is 0. The molecule has 2 amide bonds. The second-order valence-corrected chi connectivity index (χ2v) is 6.79. The molecule has 4 N–H and O–H groups in total. The van der Waals surface area contributed by atoms with Crippen LogP contribution in [0.15, 0.2) is 10.6 Å². The van der Waals surface area contributed by atoms with Crippen molar-refractivity contribution in [1.29, 1.82) is 0 Å². The molecular formula is C14H21N3O4S. The predicted octanol–water partition coefficient (Wildman–Crippen LogP) is -0.0242. The van der Waals surface area contributed by atoms with Crippen molar-refractivity contribution in [3.05, 3.63) is 10.6 Å². The van der Waals surface area contributed by atoms with Crippen LogP contribution in [-0.4, -0.2) is 52.2 Å². The first-order chi connectivity index (χ1) is 10.3. The lowest BCUT2D eigenvalue weighted by atomic mass is 9.78. The lowest BCUT2D eigenvalue weighted by molar-refractivity contribution is -0.158. The molecular weight excluding hydrogens is 306 g/mol. The summed E-state index contributed by atoms with van der Waals surface area (Å²) in [5, 5.41) is 12.2. The number of carboxylic acid groups (broad SMARTS) is 1. The maximum absolute atomic E-state index is 12.4. The van der Waals surface area contributed by atoms with Gasteiger partial charge in [-0.3, -0.25) is 9.59 Å². The molecule has 0 aliphatic carbocycles. The first-order valence-corrected chi connectivity index (χ1v) is 8.20. The van der Waals surface area contributed by atoms with Gasteiger partial charge in [0, 0.05) is 36.1 Å². The number of carbonyl (C=O) groups excluding carboxylic acids is 2. The molecule has 2 heterocycles. The van der Waals surface area contributed by atoms with E-state index in [1.807, 2.05) is 6.92 Å². The van der Waals surface area contributed by atoms with Gasteiger partial charge in [-0.15, -0.1) is 11.8 Å². The highest BCUT2D eigenvalue weighted by Gasteiger charge is 2.60. The smallest absolute Gasteiger partial charge is 0.353 e. The Hall–Kier alpha value is -1.54. The molecule has 0 radical (unpaired) electrons.